The standard InChI is InChI=1S/C13H10N2O5/c16-12-5-6-19-15(12)10-4-2-1-3-8(10)11-7-9(13(17)18)14-20-11/h1-4,7H,5-6H2,(H,17,18). The van der Waals surface area contributed by atoms with Crippen LogP contribution in [0.5, 0.6) is 0 Å². The molecule has 7 nitrogen and oxygen atoms in total. The predicted molar refractivity (Wildman–Crippen MR) is 67.0 cm³/mol. The minimum atomic E-state index is -1.18. The summed E-state index contributed by atoms with van der Waals surface area (Å²) in [6.07, 6.45) is 0.311. The molecular formula is C13H10N2O5. The van der Waals surface area contributed by atoms with Crippen LogP contribution in [0.2, 0.25) is 0 Å². The van der Waals surface area contributed by atoms with E-state index in [-0.39, 0.29) is 17.4 Å². The maximum atomic E-state index is 11.7. The molecule has 1 aromatic heterocycles. The largest absolute Gasteiger partial charge is 0.476 e. The average molecular weight is 274 g/mol. The zero-order valence-corrected chi connectivity index (χ0v) is 10.3. The Balaban J connectivity index is 2.04. The number of para-hydroxylation sites is 1. The number of aromatic carboxylic acids is 1. The molecule has 0 spiro atoms. The lowest BCUT2D eigenvalue weighted by atomic mass is 10.1. The van der Waals surface area contributed by atoms with Crippen LogP contribution < -0.4 is 5.06 Å². The number of carboxylic acids is 1. The van der Waals surface area contributed by atoms with Crippen LogP contribution in [0.1, 0.15) is 16.9 Å². The molecule has 102 valence electrons. The summed E-state index contributed by atoms with van der Waals surface area (Å²) in [5.74, 6) is -1.07. The van der Waals surface area contributed by atoms with Crippen molar-refractivity contribution in [2.75, 3.05) is 11.7 Å². The van der Waals surface area contributed by atoms with Gasteiger partial charge in [-0.3, -0.25) is 9.63 Å². The molecule has 20 heavy (non-hydrogen) atoms. The van der Waals surface area contributed by atoms with Crippen molar-refractivity contribution in [3.05, 3.63) is 36.0 Å². The van der Waals surface area contributed by atoms with Crippen LogP contribution >= 0.6 is 0 Å². The van der Waals surface area contributed by atoms with E-state index in [1.165, 1.54) is 11.1 Å². The van der Waals surface area contributed by atoms with Crippen molar-refractivity contribution in [3.8, 4) is 11.3 Å². The summed E-state index contributed by atoms with van der Waals surface area (Å²) in [4.78, 5) is 27.8. The van der Waals surface area contributed by atoms with Crippen LogP contribution in [0.3, 0.4) is 0 Å². The number of benzene rings is 1. The summed E-state index contributed by atoms with van der Waals surface area (Å²) in [7, 11) is 0. The Hall–Kier alpha value is -2.67. The number of nitrogens with zero attached hydrogens (tertiary/aromatic N) is 2. The van der Waals surface area contributed by atoms with E-state index in [4.69, 9.17) is 14.5 Å². The fourth-order valence-electron chi connectivity index (χ4n) is 1.96. The molecule has 0 atom stereocenters. The highest BCUT2D eigenvalue weighted by Crippen LogP contribution is 2.33. The van der Waals surface area contributed by atoms with Gasteiger partial charge in [0.1, 0.15) is 0 Å². The Bertz CT molecular complexity index is 679. The second-order valence-corrected chi connectivity index (χ2v) is 4.17. The maximum Gasteiger partial charge on any atom is 0.358 e. The number of hydrogen-bond donors (Lipinski definition) is 1. The normalized spacial score (nSPS) is 14.8. The molecule has 2 heterocycles. The third kappa shape index (κ3) is 2.04. The second kappa shape index (κ2) is 4.78. The molecule has 0 aliphatic carbocycles. The van der Waals surface area contributed by atoms with Crippen molar-refractivity contribution in [1.29, 1.82) is 0 Å². The quantitative estimate of drug-likeness (QED) is 0.915. The summed E-state index contributed by atoms with van der Waals surface area (Å²) in [5, 5.41) is 13.5. The molecule has 2 aromatic rings. The van der Waals surface area contributed by atoms with Crippen molar-refractivity contribution in [2.24, 2.45) is 0 Å². The van der Waals surface area contributed by atoms with E-state index in [0.29, 0.717) is 24.3 Å². The summed E-state index contributed by atoms with van der Waals surface area (Å²) >= 11 is 0. The van der Waals surface area contributed by atoms with Gasteiger partial charge in [-0.2, -0.15) is 5.06 Å². The summed E-state index contributed by atoms with van der Waals surface area (Å²) in [5.41, 5.74) is 0.856. The van der Waals surface area contributed by atoms with Gasteiger partial charge in [-0.05, 0) is 12.1 Å². The SMILES string of the molecule is O=C(O)c1cc(-c2ccccc2N2OCCC2=O)on1. The predicted octanol–water partition coefficient (Wildman–Crippen LogP) is 1.71. The van der Waals surface area contributed by atoms with Gasteiger partial charge in [0, 0.05) is 11.6 Å². The Labute approximate surface area is 113 Å². The third-order valence-electron chi connectivity index (χ3n) is 2.88. The molecule has 1 saturated heterocycles. The van der Waals surface area contributed by atoms with Crippen LogP contribution in [0.15, 0.2) is 34.9 Å². The van der Waals surface area contributed by atoms with E-state index >= 15 is 0 Å². The smallest absolute Gasteiger partial charge is 0.358 e. The summed E-state index contributed by atoms with van der Waals surface area (Å²) < 4.78 is 5.02. The first-order valence-electron chi connectivity index (χ1n) is 5.92. The first-order chi connectivity index (χ1) is 9.66. The van der Waals surface area contributed by atoms with Crippen molar-refractivity contribution in [3.63, 3.8) is 0 Å². The number of carbonyl (C=O) groups excluding carboxylic acids is 1. The van der Waals surface area contributed by atoms with E-state index in [1.807, 2.05) is 0 Å². The minimum absolute atomic E-state index is 0.157. The Morgan fingerprint density at radius 3 is 2.80 bits per heavy atom. The number of carbonyl (C=O) groups is 2. The number of hydrogen-bond acceptors (Lipinski definition) is 5. The molecule has 1 N–H and O–H groups in total. The molecule has 0 bridgehead atoms. The van der Waals surface area contributed by atoms with Gasteiger partial charge >= 0.3 is 5.97 Å². The summed E-state index contributed by atoms with van der Waals surface area (Å²) in [6, 6.07) is 8.21. The lowest BCUT2D eigenvalue weighted by Gasteiger charge is -2.16. The van der Waals surface area contributed by atoms with Crippen molar-refractivity contribution < 1.29 is 24.1 Å². The van der Waals surface area contributed by atoms with E-state index in [2.05, 4.69) is 5.16 Å². The van der Waals surface area contributed by atoms with Gasteiger partial charge in [-0.15, -0.1) is 0 Å². The number of rotatable bonds is 3. The van der Waals surface area contributed by atoms with E-state index in [0.717, 1.165) is 0 Å². The van der Waals surface area contributed by atoms with Crippen molar-refractivity contribution in [2.45, 2.75) is 6.42 Å². The first-order valence-corrected chi connectivity index (χ1v) is 5.92. The van der Waals surface area contributed by atoms with E-state index < -0.39 is 5.97 Å². The number of carboxylic acid groups (broad SMARTS) is 1. The highest BCUT2D eigenvalue weighted by atomic mass is 16.7. The van der Waals surface area contributed by atoms with Gasteiger partial charge in [0.15, 0.2) is 11.5 Å². The molecule has 1 fully saturated rings. The van der Waals surface area contributed by atoms with Crippen LogP contribution in [-0.2, 0) is 9.63 Å². The Morgan fingerprint density at radius 1 is 1.35 bits per heavy atom. The maximum absolute atomic E-state index is 11.7. The molecule has 0 radical (unpaired) electrons. The molecule has 0 unspecified atom stereocenters. The number of aromatic nitrogens is 1. The second-order valence-electron chi connectivity index (χ2n) is 4.17. The Kier molecular flexibility index (Phi) is 2.96. The van der Waals surface area contributed by atoms with Crippen LogP contribution in [-0.4, -0.2) is 28.7 Å². The highest BCUT2D eigenvalue weighted by molar-refractivity contribution is 5.97. The van der Waals surface area contributed by atoms with Crippen LogP contribution in [0, 0.1) is 0 Å². The number of anilines is 1. The van der Waals surface area contributed by atoms with Gasteiger partial charge in [0.2, 0.25) is 0 Å². The molecule has 0 saturated carbocycles. The number of amides is 1. The number of hydroxylamine groups is 1. The fraction of sp³-hybridized carbons (Fsp3) is 0.154. The van der Waals surface area contributed by atoms with E-state index in [1.54, 1.807) is 24.3 Å². The fourth-order valence-corrected chi connectivity index (χ4v) is 1.96. The molecule has 1 aliphatic rings. The molecule has 1 amide bonds. The average Bonchev–Trinajstić information content (AvgIpc) is 3.07. The molecule has 1 aliphatic heterocycles. The van der Waals surface area contributed by atoms with Gasteiger partial charge < -0.3 is 9.63 Å². The molecule has 1 aromatic carbocycles. The van der Waals surface area contributed by atoms with Gasteiger partial charge in [-0.25, -0.2) is 4.79 Å². The third-order valence-corrected chi connectivity index (χ3v) is 2.88. The first kappa shape index (κ1) is 12.4. The molecule has 3 rings (SSSR count). The molecular weight excluding hydrogens is 264 g/mol. The lowest BCUT2D eigenvalue weighted by Crippen LogP contribution is -2.22. The molecule has 7 heteroatoms. The zero-order valence-electron chi connectivity index (χ0n) is 10.3. The van der Waals surface area contributed by atoms with Gasteiger partial charge in [0.25, 0.3) is 5.91 Å². The van der Waals surface area contributed by atoms with Crippen molar-refractivity contribution >= 4 is 17.6 Å². The lowest BCUT2D eigenvalue weighted by molar-refractivity contribution is -0.119. The highest BCUT2D eigenvalue weighted by Gasteiger charge is 2.27. The van der Waals surface area contributed by atoms with E-state index in [9.17, 15) is 9.59 Å². The van der Waals surface area contributed by atoms with Gasteiger partial charge in [0.05, 0.1) is 18.7 Å². The Morgan fingerprint density at radius 2 is 2.15 bits per heavy atom. The van der Waals surface area contributed by atoms with Gasteiger partial charge in [-0.1, -0.05) is 17.3 Å². The zero-order chi connectivity index (χ0) is 14.1. The summed E-state index contributed by atoms with van der Waals surface area (Å²) in [6.45, 7) is 0.323. The van der Waals surface area contributed by atoms with Crippen LogP contribution in [0.25, 0.3) is 11.3 Å². The monoisotopic (exact) mass is 274 g/mol. The topological polar surface area (TPSA) is 92.9 Å². The van der Waals surface area contributed by atoms with Crippen molar-refractivity contribution in [1.82, 2.24) is 5.16 Å². The minimum Gasteiger partial charge on any atom is -0.476 e. The van der Waals surface area contributed by atoms with Crippen LogP contribution in [0.4, 0.5) is 5.69 Å².